The van der Waals surface area contributed by atoms with Gasteiger partial charge in [-0.15, -0.1) is 0 Å². The van der Waals surface area contributed by atoms with Crippen LogP contribution >= 0.6 is 11.6 Å². The predicted octanol–water partition coefficient (Wildman–Crippen LogP) is 3.30. The fourth-order valence-corrected chi connectivity index (χ4v) is 3.18. The SMILES string of the molecule is Cc1cc(=O)c(C(=O)OCC(=O)N(CCC#N)c2cccc(Cl)c2)nn1-c1ccccc1. The Kier molecular flexibility index (Phi) is 7.37. The first-order chi connectivity index (χ1) is 15.4. The summed E-state index contributed by atoms with van der Waals surface area (Å²) in [4.78, 5) is 38.9. The van der Waals surface area contributed by atoms with Gasteiger partial charge in [0.1, 0.15) is 0 Å². The van der Waals surface area contributed by atoms with Crippen molar-refractivity contribution >= 4 is 29.2 Å². The fourth-order valence-electron chi connectivity index (χ4n) is 3.00. The van der Waals surface area contributed by atoms with Crippen molar-refractivity contribution in [2.75, 3.05) is 18.1 Å². The lowest BCUT2D eigenvalue weighted by atomic mass is 10.2. The molecule has 0 fully saturated rings. The molecule has 1 amide bonds. The third-order valence-electron chi connectivity index (χ3n) is 4.50. The van der Waals surface area contributed by atoms with E-state index < -0.39 is 29.6 Å². The number of para-hydroxylation sites is 1. The van der Waals surface area contributed by atoms with Gasteiger partial charge >= 0.3 is 5.97 Å². The molecule has 0 unspecified atom stereocenters. The number of aromatic nitrogens is 2. The van der Waals surface area contributed by atoms with Crippen molar-refractivity contribution in [3.8, 4) is 11.8 Å². The van der Waals surface area contributed by atoms with E-state index in [1.54, 1.807) is 55.5 Å². The highest BCUT2D eigenvalue weighted by molar-refractivity contribution is 6.30. The van der Waals surface area contributed by atoms with E-state index in [9.17, 15) is 14.4 Å². The molecular weight excluding hydrogens is 432 g/mol. The molecule has 3 aromatic rings. The van der Waals surface area contributed by atoms with Gasteiger partial charge in [-0.25, -0.2) is 9.48 Å². The standard InChI is InChI=1S/C23H19ClN4O4/c1-16-13-20(29)22(26-28(16)18-8-3-2-4-9-18)23(31)32-15-21(30)27(12-6-11-25)19-10-5-7-17(24)14-19/h2-5,7-10,13-14H,6,12,15H2,1H3. The van der Waals surface area contributed by atoms with E-state index in [2.05, 4.69) is 5.10 Å². The Labute approximate surface area is 189 Å². The number of nitrogens with zero attached hydrogens (tertiary/aromatic N) is 4. The molecule has 0 saturated heterocycles. The Hall–Kier alpha value is -3.96. The van der Waals surface area contributed by atoms with Crippen molar-refractivity contribution in [2.45, 2.75) is 13.3 Å². The van der Waals surface area contributed by atoms with Gasteiger partial charge in [0.05, 0.1) is 18.2 Å². The molecule has 0 aliphatic heterocycles. The molecule has 1 aromatic heterocycles. The minimum Gasteiger partial charge on any atom is -0.451 e. The predicted molar refractivity (Wildman–Crippen MR) is 119 cm³/mol. The minimum absolute atomic E-state index is 0.0769. The molecule has 2 aromatic carbocycles. The summed E-state index contributed by atoms with van der Waals surface area (Å²) in [6.07, 6.45) is 0.0769. The van der Waals surface area contributed by atoms with E-state index in [1.807, 2.05) is 12.1 Å². The first-order valence-corrected chi connectivity index (χ1v) is 10.0. The third kappa shape index (κ3) is 5.39. The monoisotopic (exact) mass is 450 g/mol. The highest BCUT2D eigenvalue weighted by atomic mass is 35.5. The van der Waals surface area contributed by atoms with Crippen molar-refractivity contribution in [1.82, 2.24) is 9.78 Å². The molecule has 8 nitrogen and oxygen atoms in total. The molecule has 0 atom stereocenters. The number of aryl methyl sites for hydroxylation is 1. The normalized spacial score (nSPS) is 10.3. The molecule has 1 heterocycles. The van der Waals surface area contributed by atoms with E-state index in [0.29, 0.717) is 22.1 Å². The van der Waals surface area contributed by atoms with Gasteiger partial charge in [0, 0.05) is 29.0 Å². The minimum atomic E-state index is -1.01. The van der Waals surface area contributed by atoms with Crippen LogP contribution in [0.1, 0.15) is 22.6 Å². The highest BCUT2D eigenvalue weighted by Crippen LogP contribution is 2.20. The summed E-state index contributed by atoms with van der Waals surface area (Å²) >= 11 is 6.00. The number of amides is 1. The number of rotatable bonds is 7. The van der Waals surface area contributed by atoms with E-state index in [0.717, 1.165) is 0 Å². The summed E-state index contributed by atoms with van der Waals surface area (Å²) < 4.78 is 6.54. The average Bonchev–Trinajstić information content (AvgIpc) is 2.78. The Morgan fingerprint density at radius 2 is 1.91 bits per heavy atom. The van der Waals surface area contributed by atoms with Crippen LogP contribution in [0.25, 0.3) is 5.69 Å². The maximum absolute atomic E-state index is 12.7. The summed E-state index contributed by atoms with van der Waals surface area (Å²) in [5.41, 5.74) is 0.631. The number of esters is 1. The van der Waals surface area contributed by atoms with E-state index in [-0.39, 0.29) is 13.0 Å². The molecule has 0 spiro atoms. The lowest BCUT2D eigenvalue weighted by Crippen LogP contribution is -2.36. The van der Waals surface area contributed by atoms with Gasteiger partial charge in [0.2, 0.25) is 11.1 Å². The Morgan fingerprint density at radius 1 is 1.16 bits per heavy atom. The van der Waals surface area contributed by atoms with Gasteiger partial charge in [-0.2, -0.15) is 10.4 Å². The zero-order valence-corrected chi connectivity index (χ0v) is 18.0. The van der Waals surface area contributed by atoms with Gasteiger partial charge in [0.15, 0.2) is 6.61 Å². The number of ether oxygens (including phenoxy) is 1. The number of hydrogen-bond donors (Lipinski definition) is 0. The average molecular weight is 451 g/mol. The van der Waals surface area contributed by atoms with Gasteiger partial charge in [0.25, 0.3) is 5.91 Å². The maximum Gasteiger partial charge on any atom is 0.363 e. The molecule has 162 valence electrons. The van der Waals surface area contributed by atoms with Crippen LogP contribution in [0.3, 0.4) is 0 Å². The summed E-state index contributed by atoms with van der Waals surface area (Å²) in [5, 5.41) is 13.4. The zero-order valence-electron chi connectivity index (χ0n) is 17.2. The second kappa shape index (κ2) is 10.4. The van der Waals surface area contributed by atoms with Gasteiger partial charge in [-0.05, 0) is 37.3 Å². The topological polar surface area (TPSA) is 105 Å². The van der Waals surface area contributed by atoms with Crippen LogP contribution in [0.15, 0.2) is 65.5 Å². The smallest absolute Gasteiger partial charge is 0.363 e. The second-order valence-electron chi connectivity index (χ2n) is 6.76. The van der Waals surface area contributed by atoms with Crippen LogP contribution in [-0.4, -0.2) is 34.8 Å². The van der Waals surface area contributed by atoms with Crippen LogP contribution < -0.4 is 10.3 Å². The van der Waals surface area contributed by atoms with Crippen molar-refractivity contribution in [2.24, 2.45) is 0 Å². The quantitative estimate of drug-likeness (QED) is 0.511. The van der Waals surface area contributed by atoms with Crippen molar-refractivity contribution in [3.05, 3.63) is 87.3 Å². The molecule has 3 rings (SSSR count). The first kappa shape index (κ1) is 22.7. The molecule has 0 N–H and O–H groups in total. The zero-order chi connectivity index (χ0) is 23.1. The second-order valence-corrected chi connectivity index (χ2v) is 7.19. The summed E-state index contributed by atoms with van der Waals surface area (Å²) in [7, 11) is 0. The number of nitriles is 1. The third-order valence-corrected chi connectivity index (χ3v) is 4.73. The van der Waals surface area contributed by atoms with Crippen LogP contribution in [0.4, 0.5) is 5.69 Å². The van der Waals surface area contributed by atoms with Crippen molar-refractivity contribution in [3.63, 3.8) is 0 Å². The number of halogens is 1. The number of carbonyl (C=O) groups excluding carboxylic acids is 2. The largest absolute Gasteiger partial charge is 0.451 e. The molecular formula is C23H19ClN4O4. The van der Waals surface area contributed by atoms with Crippen LogP contribution in [0.5, 0.6) is 0 Å². The summed E-state index contributed by atoms with van der Waals surface area (Å²) in [6.45, 7) is 1.16. The number of anilines is 1. The van der Waals surface area contributed by atoms with E-state index >= 15 is 0 Å². The Morgan fingerprint density at radius 3 is 2.59 bits per heavy atom. The lowest BCUT2D eigenvalue weighted by molar-refractivity contribution is -0.121. The molecule has 0 bridgehead atoms. The lowest BCUT2D eigenvalue weighted by Gasteiger charge is -2.21. The van der Waals surface area contributed by atoms with Gasteiger partial charge in [-0.1, -0.05) is 35.9 Å². The molecule has 0 aliphatic carbocycles. The van der Waals surface area contributed by atoms with E-state index in [1.165, 1.54) is 15.6 Å². The molecule has 9 heteroatoms. The Balaban J connectivity index is 1.79. The number of benzene rings is 2. The van der Waals surface area contributed by atoms with Crippen LogP contribution in [-0.2, 0) is 9.53 Å². The fraction of sp³-hybridized carbons (Fsp3) is 0.174. The molecule has 32 heavy (non-hydrogen) atoms. The van der Waals surface area contributed by atoms with Gasteiger partial charge in [-0.3, -0.25) is 9.59 Å². The summed E-state index contributed by atoms with van der Waals surface area (Å²) in [6, 6.07) is 18.8. The van der Waals surface area contributed by atoms with Crippen LogP contribution in [0.2, 0.25) is 5.02 Å². The van der Waals surface area contributed by atoms with Gasteiger partial charge < -0.3 is 9.64 Å². The molecule has 0 aliphatic rings. The van der Waals surface area contributed by atoms with Crippen molar-refractivity contribution in [1.29, 1.82) is 5.26 Å². The van der Waals surface area contributed by atoms with Crippen molar-refractivity contribution < 1.29 is 14.3 Å². The highest BCUT2D eigenvalue weighted by Gasteiger charge is 2.21. The number of carbonyl (C=O) groups is 2. The summed E-state index contributed by atoms with van der Waals surface area (Å²) in [5.74, 6) is -1.58. The molecule has 0 saturated carbocycles. The molecule has 0 radical (unpaired) electrons. The number of hydrogen-bond acceptors (Lipinski definition) is 6. The maximum atomic E-state index is 12.7. The van der Waals surface area contributed by atoms with E-state index in [4.69, 9.17) is 21.6 Å². The Bertz CT molecular complexity index is 1230. The first-order valence-electron chi connectivity index (χ1n) is 9.67. The van der Waals surface area contributed by atoms with Crippen LogP contribution in [0, 0.1) is 18.3 Å².